The van der Waals surface area contributed by atoms with Crippen LogP contribution in [0, 0.1) is 0 Å². The molecule has 0 saturated carbocycles. The maximum atomic E-state index is 11.4. The lowest BCUT2D eigenvalue weighted by Gasteiger charge is -2.17. The van der Waals surface area contributed by atoms with Crippen LogP contribution in [-0.4, -0.2) is 51.9 Å². The van der Waals surface area contributed by atoms with Gasteiger partial charge in [-0.1, -0.05) is 6.04 Å². The van der Waals surface area contributed by atoms with E-state index in [9.17, 15) is 9.59 Å². The van der Waals surface area contributed by atoms with Crippen LogP contribution >= 0.6 is 0 Å². The van der Waals surface area contributed by atoms with Gasteiger partial charge < -0.3 is 9.47 Å². The van der Waals surface area contributed by atoms with Gasteiger partial charge in [-0.05, 0) is 20.3 Å². The normalized spacial score (nSPS) is 16.1. The fourth-order valence-corrected chi connectivity index (χ4v) is 2.97. The Balaban J connectivity index is 2.16. The van der Waals surface area contributed by atoms with Crippen LogP contribution < -0.4 is 0 Å². The molecule has 102 valence electrons. The molecule has 0 aromatic heterocycles. The maximum absolute atomic E-state index is 11.4. The smallest absolute Gasteiger partial charge is 0.229 e. The average Bonchev–Trinajstić information content (AvgIpc) is 2.66. The molecule has 0 N–H and O–H groups in total. The van der Waals surface area contributed by atoms with Crippen molar-refractivity contribution in [3.63, 3.8) is 0 Å². The van der Waals surface area contributed by atoms with Gasteiger partial charge in [0.05, 0.1) is 0 Å². The van der Waals surface area contributed by atoms with E-state index >= 15 is 0 Å². The first kappa shape index (κ1) is 15.3. The third kappa shape index (κ3) is 4.87. The lowest BCUT2D eigenvalue weighted by molar-refractivity contribution is -0.138. The molecule has 0 unspecified atom stereocenters. The highest BCUT2D eigenvalue weighted by Crippen LogP contribution is 2.12. The summed E-state index contributed by atoms with van der Waals surface area (Å²) >= 11 is 0. The number of rotatable bonds is 9. The fraction of sp³-hybridized carbons (Fsp3) is 0.833. The molecule has 1 saturated heterocycles. The third-order valence-electron chi connectivity index (χ3n) is 2.66. The zero-order chi connectivity index (χ0) is 13.4. The quantitative estimate of drug-likeness (QED) is 0.272. The van der Waals surface area contributed by atoms with E-state index in [1.165, 1.54) is 4.90 Å². The van der Waals surface area contributed by atoms with Crippen LogP contribution in [0.15, 0.2) is 0 Å². The van der Waals surface area contributed by atoms with E-state index < -0.39 is 0 Å². The first-order chi connectivity index (χ1) is 8.69. The van der Waals surface area contributed by atoms with E-state index in [0.29, 0.717) is 42.1 Å². The average molecular weight is 271 g/mol. The Hall–Kier alpha value is -0.723. The third-order valence-corrected chi connectivity index (χ3v) is 3.97. The van der Waals surface area contributed by atoms with Crippen LogP contribution in [0.25, 0.3) is 0 Å². The summed E-state index contributed by atoms with van der Waals surface area (Å²) in [6.45, 7) is 5.70. The zero-order valence-electron chi connectivity index (χ0n) is 11.1. The molecule has 1 fully saturated rings. The van der Waals surface area contributed by atoms with E-state index in [0.717, 1.165) is 12.5 Å². The van der Waals surface area contributed by atoms with Gasteiger partial charge in [-0.2, -0.15) is 0 Å². The van der Waals surface area contributed by atoms with Crippen molar-refractivity contribution in [2.24, 2.45) is 0 Å². The largest absolute Gasteiger partial charge is 0.357 e. The molecule has 0 spiro atoms. The molecular formula is C12H21NO4Si. The Kier molecular flexibility index (Phi) is 7.15. The molecule has 0 bridgehead atoms. The lowest BCUT2D eigenvalue weighted by Crippen LogP contribution is -2.31. The topological polar surface area (TPSA) is 55.8 Å². The summed E-state index contributed by atoms with van der Waals surface area (Å²) in [5.41, 5.74) is 0. The second kappa shape index (κ2) is 8.39. The number of imide groups is 1. The predicted molar refractivity (Wildman–Crippen MR) is 68.2 cm³/mol. The Labute approximate surface area is 111 Å². The first-order valence-corrected chi connectivity index (χ1v) is 7.77. The zero-order valence-corrected chi connectivity index (χ0v) is 12.1. The molecule has 1 rings (SSSR count). The Morgan fingerprint density at radius 2 is 1.72 bits per heavy atom. The molecule has 2 radical (unpaired) electrons. The van der Waals surface area contributed by atoms with Crippen molar-refractivity contribution < 1.29 is 19.1 Å². The first-order valence-electron chi connectivity index (χ1n) is 6.48. The summed E-state index contributed by atoms with van der Waals surface area (Å²) in [5, 5.41) is 0. The molecule has 1 heterocycles. The minimum absolute atomic E-state index is 0.0329. The Bertz CT molecular complexity index is 263. The number of ether oxygens (including phenoxy) is 2. The standard InChI is InChI=1S/C12H21NO4Si/c1-3-16-12(17-4-2)18-9-5-8-13-10(14)6-7-11(13)15/h12H,3-9H2,1-2H3. The van der Waals surface area contributed by atoms with Crippen LogP contribution in [0.5, 0.6) is 0 Å². The summed E-state index contributed by atoms with van der Waals surface area (Å²) in [6.07, 6.45) is 1.58. The number of nitrogens with zero attached hydrogens (tertiary/aromatic N) is 1. The molecule has 6 heteroatoms. The van der Waals surface area contributed by atoms with Gasteiger partial charge in [0.15, 0.2) is 0 Å². The van der Waals surface area contributed by atoms with E-state index in [4.69, 9.17) is 9.47 Å². The highest BCUT2D eigenvalue weighted by atomic mass is 28.2. The van der Waals surface area contributed by atoms with Gasteiger partial charge in [-0.25, -0.2) is 0 Å². The van der Waals surface area contributed by atoms with Crippen molar-refractivity contribution in [1.29, 1.82) is 0 Å². The summed E-state index contributed by atoms with van der Waals surface area (Å²) in [7, 11) is 0.550. The van der Waals surface area contributed by atoms with Crippen molar-refractivity contribution in [2.45, 2.75) is 45.1 Å². The molecule has 5 nitrogen and oxygen atoms in total. The molecule has 1 aliphatic rings. The van der Waals surface area contributed by atoms with Gasteiger partial charge in [0.25, 0.3) is 0 Å². The fourth-order valence-electron chi connectivity index (χ4n) is 1.80. The number of amides is 2. The van der Waals surface area contributed by atoms with Gasteiger partial charge in [0, 0.05) is 32.6 Å². The van der Waals surface area contributed by atoms with Gasteiger partial charge in [0.2, 0.25) is 11.8 Å². The number of hydrogen-bond donors (Lipinski definition) is 0. The summed E-state index contributed by atoms with van der Waals surface area (Å²) < 4.78 is 10.9. The van der Waals surface area contributed by atoms with Crippen LogP contribution in [0.2, 0.25) is 6.04 Å². The van der Waals surface area contributed by atoms with Gasteiger partial charge >= 0.3 is 0 Å². The summed E-state index contributed by atoms with van der Waals surface area (Å²) in [6, 6.07) is 0.918. The number of carbonyl (C=O) groups is 2. The minimum atomic E-state index is -0.134. The van der Waals surface area contributed by atoms with Crippen LogP contribution in [-0.2, 0) is 19.1 Å². The molecule has 0 aromatic carbocycles. The van der Waals surface area contributed by atoms with Crippen molar-refractivity contribution in [3.05, 3.63) is 0 Å². The summed E-state index contributed by atoms with van der Waals surface area (Å²) in [4.78, 5) is 24.1. The minimum Gasteiger partial charge on any atom is -0.357 e. The van der Waals surface area contributed by atoms with Crippen molar-refractivity contribution in [1.82, 2.24) is 4.90 Å². The highest BCUT2D eigenvalue weighted by molar-refractivity contribution is 6.36. The van der Waals surface area contributed by atoms with Gasteiger partial charge in [0.1, 0.15) is 15.4 Å². The molecule has 18 heavy (non-hydrogen) atoms. The van der Waals surface area contributed by atoms with E-state index in [1.807, 2.05) is 13.8 Å². The number of hydrogen-bond acceptors (Lipinski definition) is 4. The number of likely N-dealkylation sites (tertiary alicyclic amines) is 1. The van der Waals surface area contributed by atoms with Gasteiger partial charge in [-0.3, -0.25) is 14.5 Å². The molecular weight excluding hydrogens is 250 g/mol. The maximum Gasteiger partial charge on any atom is 0.229 e. The SMILES string of the molecule is CCOC(OCC)[Si]CCCN1C(=O)CCC1=O. The number of carbonyl (C=O) groups excluding carboxylic acids is 2. The Morgan fingerprint density at radius 1 is 1.17 bits per heavy atom. The second-order valence-electron chi connectivity index (χ2n) is 3.99. The van der Waals surface area contributed by atoms with Crippen molar-refractivity contribution in [2.75, 3.05) is 19.8 Å². The molecule has 2 amide bonds. The van der Waals surface area contributed by atoms with E-state index in [2.05, 4.69) is 0 Å². The van der Waals surface area contributed by atoms with E-state index in [-0.39, 0.29) is 17.7 Å². The van der Waals surface area contributed by atoms with Crippen LogP contribution in [0.1, 0.15) is 33.1 Å². The van der Waals surface area contributed by atoms with Crippen molar-refractivity contribution >= 4 is 21.3 Å². The highest BCUT2D eigenvalue weighted by Gasteiger charge is 2.27. The molecule has 0 aliphatic carbocycles. The van der Waals surface area contributed by atoms with Crippen LogP contribution in [0.3, 0.4) is 0 Å². The van der Waals surface area contributed by atoms with Gasteiger partial charge in [-0.15, -0.1) is 0 Å². The van der Waals surface area contributed by atoms with E-state index in [1.54, 1.807) is 0 Å². The lowest BCUT2D eigenvalue weighted by atomic mass is 10.4. The second-order valence-corrected chi connectivity index (χ2v) is 5.37. The van der Waals surface area contributed by atoms with Crippen molar-refractivity contribution in [3.8, 4) is 0 Å². The summed E-state index contributed by atoms with van der Waals surface area (Å²) in [5.74, 6) is -0.200. The Morgan fingerprint density at radius 3 is 2.22 bits per heavy atom. The molecule has 0 aromatic rings. The molecule has 0 atom stereocenters. The predicted octanol–water partition coefficient (Wildman–Crippen LogP) is 1.00. The van der Waals surface area contributed by atoms with Crippen LogP contribution in [0.4, 0.5) is 0 Å². The monoisotopic (exact) mass is 271 g/mol. The molecule has 1 aliphatic heterocycles.